The molecule has 2 atom stereocenters. The highest BCUT2D eigenvalue weighted by Gasteiger charge is 2.22. The van der Waals surface area contributed by atoms with Crippen molar-refractivity contribution in [3.05, 3.63) is 60.2 Å². The molecule has 0 saturated carbocycles. The first-order valence-corrected chi connectivity index (χ1v) is 8.01. The zero-order chi connectivity index (χ0) is 16.1. The molecule has 2 N–H and O–H groups in total. The molecule has 2 aromatic rings. The number of nitrogens with one attached hydrogen (secondary N) is 2. The van der Waals surface area contributed by atoms with Crippen LogP contribution in [0, 0.1) is 0 Å². The highest BCUT2D eigenvalue weighted by Crippen LogP contribution is 2.21. The zero-order valence-electron chi connectivity index (χ0n) is 13.3. The van der Waals surface area contributed by atoms with Gasteiger partial charge in [0.25, 0.3) is 0 Å². The smallest absolute Gasteiger partial charge is 0.240 e. The molecular formula is C19H22N2O2. The second-order valence-corrected chi connectivity index (χ2v) is 5.80. The minimum atomic E-state index is -0.255. The molecule has 1 amide bonds. The zero-order valence-corrected chi connectivity index (χ0v) is 13.3. The molecule has 120 valence electrons. The molecule has 4 nitrogen and oxygen atoms in total. The largest absolute Gasteiger partial charge is 0.378 e. The van der Waals surface area contributed by atoms with Crippen LogP contribution in [0.3, 0.4) is 0 Å². The van der Waals surface area contributed by atoms with Gasteiger partial charge in [0.2, 0.25) is 5.91 Å². The molecule has 0 bridgehead atoms. The standard InChI is InChI=1S/C19H22N2O2/c1-14(21-19(22)18-13-23-12-11-20-18)15-7-9-17(10-8-15)16-5-3-2-4-6-16/h2-10,14,18,20H,11-13H2,1H3,(H,21,22)/t14-,18+/m0/s1. The minimum Gasteiger partial charge on any atom is -0.378 e. The lowest BCUT2D eigenvalue weighted by molar-refractivity contribution is -0.126. The number of benzene rings is 2. The molecule has 4 heteroatoms. The second-order valence-electron chi connectivity index (χ2n) is 5.80. The van der Waals surface area contributed by atoms with Crippen LogP contribution in [0.1, 0.15) is 18.5 Å². The summed E-state index contributed by atoms with van der Waals surface area (Å²) in [7, 11) is 0. The molecule has 2 aromatic carbocycles. The third-order valence-electron chi connectivity index (χ3n) is 4.11. The predicted molar refractivity (Wildman–Crippen MR) is 91.0 cm³/mol. The number of rotatable bonds is 4. The first kappa shape index (κ1) is 15.7. The maximum absolute atomic E-state index is 12.2. The Morgan fingerprint density at radius 3 is 2.48 bits per heavy atom. The van der Waals surface area contributed by atoms with E-state index in [0.29, 0.717) is 13.2 Å². The number of amides is 1. The Hall–Kier alpha value is -2.17. The molecule has 1 heterocycles. The molecule has 0 aromatic heterocycles. The lowest BCUT2D eigenvalue weighted by Crippen LogP contribution is -2.51. The molecular weight excluding hydrogens is 288 g/mol. The van der Waals surface area contributed by atoms with Crippen molar-refractivity contribution in [3.8, 4) is 11.1 Å². The van der Waals surface area contributed by atoms with Gasteiger partial charge in [-0.15, -0.1) is 0 Å². The van der Waals surface area contributed by atoms with Gasteiger partial charge in [-0.05, 0) is 23.6 Å². The average Bonchev–Trinajstić information content (AvgIpc) is 2.63. The summed E-state index contributed by atoms with van der Waals surface area (Å²) in [4.78, 5) is 12.2. The van der Waals surface area contributed by atoms with Crippen molar-refractivity contribution in [2.24, 2.45) is 0 Å². The lowest BCUT2D eigenvalue weighted by atomic mass is 10.0. The van der Waals surface area contributed by atoms with Crippen LogP contribution >= 0.6 is 0 Å². The summed E-state index contributed by atoms with van der Waals surface area (Å²) < 4.78 is 5.33. The quantitative estimate of drug-likeness (QED) is 0.912. The third kappa shape index (κ3) is 3.97. The van der Waals surface area contributed by atoms with Crippen molar-refractivity contribution < 1.29 is 9.53 Å². The molecule has 1 fully saturated rings. The Balaban J connectivity index is 1.63. The summed E-state index contributed by atoms with van der Waals surface area (Å²) in [6, 6.07) is 18.3. The van der Waals surface area contributed by atoms with Crippen LogP contribution < -0.4 is 10.6 Å². The van der Waals surface area contributed by atoms with Crippen molar-refractivity contribution in [1.82, 2.24) is 10.6 Å². The first-order chi connectivity index (χ1) is 11.2. The van der Waals surface area contributed by atoms with E-state index in [9.17, 15) is 4.79 Å². The van der Waals surface area contributed by atoms with E-state index in [0.717, 1.165) is 12.1 Å². The van der Waals surface area contributed by atoms with Crippen molar-refractivity contribution in [2.45, 2.75) is 19.0 Å². The van der Waals surface area contributed by atoms with Crippen LogP contribution in [-0.4, -0.2) is 31.7 Å². The van der Waals surface area contributed by atoms with E-state index in [4.69, 9.17) is 4.74 Å². The predicted octanol–water partition coefficient (Wildman–Crippen LogP) is 2.52. The Bertz CT molecular complexity index is 634. The van der Waals surface area contributed by atoms with Crippen molar-refractivity contribution in [3.63, 3.8) is 0 Å². The van der Waals surface area contributed by atoms with Crippen LogP contribution in [0.5, 0.6) is 0 Å². The fourth-order valence-electron chi connectivity index (χ4n) is 2.73. The van der Waals surface area contributed by atoms with E-state index in [1.54, 1.807) is 0 Å². The Kier molecular flexibility index (Phi) is 5.05. The summed E-state index contributed by atoms with van der Waals surface area (Å²) in [6.45, 7) is 3.82. The molecule has 0 spiro atoms. The van der Waals surface area contributed by atoms with Gasteiger partial charge in [-0.25, -0.2) is 0 Å². The van der Waals surface area contributed by atoms with Crippen LogP contribution in [0.25, 0.3) is 11.1 Å². The van der Waals surface area contributed by atoms with Gasteiger partial charge in [0.1, 0.15) is 6.04 Å². The number of morpholine rings is 1. The van der Waals surface area contributed by atoms with Gasteiger partial charge in [0.05, 0.1) is 19.3 Å². The van der Waals surface area contributed by atoms with Crippen LogP contribution in [0.2, 0.25) is 0 Å². The van der Waals surface area contributed by atoms with E-state index < -0.39 is 0 Å². The van der Waals surface area contributed by atoms with Gasteiger partial charge in [0, 0.05) is 6.54 Å². The van der Waals surface area contributed by atoms with Crippen LogP contribution in [0.15, 0.2) is 54.6 Å². The van der Waals surface area contributed by atoms with Gasteiger partial charge < -0.3 is 15.4 Å². The first-order valence-electron chi connectivity index (χ1n) is 8.01. The average molecular weight is 310 g/mol. The lowest BCUT2D eigenvalue weighted by Gasteiger charge is -2.25. The van der Waals surface area contributed by atoms with Crippen molar-refractivity contribution in [1.29, 1.82) is 0 Å². The normalized spacial score (nSPS) is 19.1. The maximum atomic E-state index is 12.2. The van der Waals surface area contributed by atoms with Gasteiger partial charge in [0.15, 0.2) is 0 Å². The molecule has 3 rings (SSSR count). The molecule has 1 aliphatic heterocycles. The van der Waals surface area contributed by atoms with Crippen molar-refractivity contribution in [2.75, 3.05) is 19.8 Å². The second kappa shape index (κ2) is 7.40. The Labute approximate surface area is 136 Å². The Morgan fingerprint density at radius 2 is 1.83 bits per heavy atom. The number of hydrogen-bond donors (Lipinski definition) is 2. The molecule has 1 saturated heterocycles. The van der Waals surface area contributed by atoms with Gasteiger partial charge >= 0.3 is 0 Å². The summed E-state index contributed by atoms with van der Waals surface area (Å²) in [5.41, 5.74) is 3.46. The van der Waals surface area contributed by atoms with Crippen LogP contribution in [0.4, 0.5) is 0 Å². The highest BCUT2D eigenvalue weighted by atomic mass is 16.5. The summed E-state index contributed by atoms with van der Waals surface area (Å²) in [5.74, 6) is -0.00987. The van der Waals surface area contributed by atoms with Gasteiger partial charge in [-0.1, -0.05) is 54.6 Å². The number of hydrogen-bond acceptors (Lipinski definition) is 3. The monoisotopic (exact) mass is 310 g/mol. The SMILES string of the molecule is C[C@H](NC(=O)[C@H]1COCCN1)c1ccc(-c2ccccc2)cc1. The summed E-state index contributed by atoms with van der Waals surface area (Å²) in [6.07, 6.45) is 0. The van der Waals surface area contributed by atoms with Crippen molar-refractivity contribution >= 4 is 5.91 Å². The van der Waals surface area contributed by atoms with E-state index in [1.807, 2.05) is 25.1 Å². The van der Waals surface area contributed by atoms with E-state index in [1.165, 1.54) is 11.1 Å². The maximum Gasteiger partial charge on any atom is 0.240 e. The van der Waals surface area contributed by atoms with E-state index in [2.05, 4.69) is 47.0 Å². The molecule has 0 unspecified atom stereocenters. The molecule has 23 heavy (non-hydrogen) atoms. The molecule has 1 aliphatic rings. The fourth-order valence-corrected chi connectivity index (χ4v) is 2.73. The number of carbonyl (C=O) groups excluding carboxylic acids is 1. The number of ether oxygens (including phenoxy) is 1. The fraction of sp³-hybridized carbons (Fsp3) is 0.316. The topological polar surface area (TPSA) is 50.4 Å². The number of carbonyl (C=O) groups is 1. The van der Waals surface area contributed by atoms with E-state index in [-0.39, 0.29) is 18.0 Å². The summed E-state index contributed by atoms with van der Waals surface area (Å²) in [5, 5.41) is 6.21. The van der Waals surface area contributed by atoms with E-state index >= 15 is 0 Å². The Morgan fingerprint density at radius 1 is 1.13 bits per heavy atom. The van der Waals surface area contributed by atoms with Gasteiger partial charge in [-0.3, -0.25) is 4.79 Å². The molecule has 0 radical (unpaired) electrons. The molecule has 0 aliphatic carbocycles. The van der Waals surface area contributed by atoms with Gasteiger partial charge in [-0.2, -0.15) is 0 Å². The highest BCUT2D eigenvalue weighted by molar-refractivity contribution is 5.82. The minimum absolute atomic E-state index is 0.00987. The van der Waals surface area contributed by atoms with Crippen LogP contribution in [-0.2, 0) is 9.53 Å². The third-order valence-corrected chi connectivity index (χ3v) is 4.11. The summed E-state index contributed by atoms with van der Waals surface area (Å²) >= 11 is 0.